The molecule has 3 N–H and O–H groups in total. The quantitative estimate of drug-likeness (QED) is 0.516. The minimum atomic E-state index is -0.560. The first-order valence-electron chi connectivity index (χ1n) is 10.0. The Hall–Kier alpha value is -4.23. The van der Waals surface area contributed by atoms with Crippen LogP contribution in [0.2, 0.25) is 0 Å². The van der Waals surface area contributed by atoms with Gasteiger partial charge in [-0.2, -0.15) is 0 Å². The number of carbonyl (C=O) groups is 3. The van der Waals surface area contributed by atoms with Gasteiger partial charge in [-0.3, -0.25) is 14.9 Å². The van der Waals surface area contributed by atoms with Crippen LogP contribution in [0.1, 0.15) is 42.3 Å². The zero-order valence-electron chi connectivity index (χ0n) is 18.0. The molecule has 1 aliphatic heterocycles. The first-order chi connectivity index (χ1) is 15.2. The molecule has 0 radical (unpaired) electrons. The summed E-state index contributed by atoms with van der Waals surface area (Å²) < 4.78 is 5.21. The van der Waals surface area contributed by atoms with Gasteiger partial charge in [0.1, 0.15) is 11.6 Å². The third-order valence-electron chi connectivity index (χ3n) is 4.26. The Bertz CT molecular complexity index is 1140. The lowest BCUT2D eigenvalue weighted by molar-refractivity contribution is -0.128. The molecule has 1 atom stereocenters. The maximum Gasteiger partial charge on any atom is 0.412 e. The highest BCUT2D eigenvalue weighted by Gasteiger charge is 2.29. The second-order valence-electron chi connectivity index (χ2n) is 8.05. The fourth-order valence-corrected chi connectivity index (χ4v) is 2.62. The van der Waals surface area contributed by atoms with Crippen LogP contribution in [0.3, 0.4) is 0 Å². The fraction of sp³-hybridized carbons (Fsp3) is 0.240. The number of hydrogen-bond acceptors (Lipinski definition) is 4. The van der Waals surface area contributed by atoms with Crippen LogP contribution in [-0.2, 0) is 9.53 Å². The molecule has 32 heavy (non-hydrogen) atoms. The summed E-state index contributed by atoms with van der Waals surface area (Å²) in [7, 11) is 0. The molecular weight excluding hydrogens is 406 g/mol. The summed E-state index contributed by atoms with van der Waals surface area (Å²) in [6.45, 7) is 5.86. The van der Waals surface area contributed by atoms with E-state index >= 15 is 0 Å². The third-order valence-corrected chi connectivity index (χ3v) is 4.26. The van der Waals surface area contributed by atoms with Gasteiger partial charge in [-0.05, 0) is 81.1 Å². The second kappa shape index (κ2) is 9.72. The van der Waals surface area contributed by atoms with Gasteiger partial charge < -0.3 is 15.4 Å². The van der Waals surface area contributed by atoms with E-state index in [0.717, 1.165) is 5.56 Å². The van der Waals surface area contributed by atoms with Gasteiger partial charge in [0, 0.05) is 28.9 Å². The van der Waals surface area contributed by atoms with Gasteiger partial charge in [0.05, 0.1) is 0 Å². The summed E-state index contributed by atoms with van der Waals surface area (Å²) in [4.78, 5) is 35.1. The van der Waals surface area contributed by atoms with E-state index in [1.54, 1.807) is 69.3 Å². The highest BCUT2D eigenvalue weighted by atomic mass is 16.6. The minimum Gasteiger partial charge on any atom is -0.444 e. The number of β-lactam (4-membered cyclic amide) rings is 1. The lowest BCUT2D eigenvalue weighted by Gasteiger charge is -2.26. The van der Waals surface area contributed by atoms with E-state index in [-0.39, 0.29) is 11.8 Å². The van der Waals surface area contributed by atoms with Crippen molar-refractivity contribution in [2.75, 3.05) is 11.9 Å². The molecule has 1 saturated heterocycles. The Morgan fingerprint density at radius 2 is 1.53 bits per heavy atom. The normalized spacial score (nSPS) is 14.3. The zero-order chi connectivity index (χ0) is 23.1. The SMILES string of the molecule is CC(C)(C)OC(=O)Nc1ccc(C#CC#Cc2ccc(C(=O)N[C@@H]3CNC3=O)cc2)cc1. The number of ether oxygens (including phenoxy) is 1. The van der Waals surface area contributed by atoms with E-state index in [0.29, 0.717) is 23.4 Å². The lowest BCUT2D eigenvalue weighted by Crippen LogP contribution is -2.61. The van der Waals surface area contributed by atoms with Crippen molar-refractivity contribution in [1.82, 2.24) is 10.6 Å². The summed E-state index contributed by atoms with van der Waals surface area (Å²) in [6.07, 6.45) is -0.515. The minimum absolute atomic E-state index is 0.173. The number of hydrogen-bond donors (Lipinski definition) is 3. The molecule has 0 aliphatic carbocycles. The predicted molar refractivity (Wildman–Crippen MR) is 121 cm³/mol. The molecule has 0 saturated carbocycles. The summed E-state index contributed by atoms with van der Waals surface area (Å²) in [5.74, 6) is 10.9. The fourth-order valence-electron chi connectivity index (χ4n) is 2.62. The van der Waals surface area contributed by atoms with Crippen LogP contribution in [0, 0.1) is 23.7 Å². The number of rotatable bonds is 3. The molecule has 7 heteroatoms. The maximum atomic E-state index is 12.1. The van der Waals surface area contributed by atoms with E-state index in [4.69, 9.17) is 4.74 Å². The van der Waals surface area contributed by atoms with E-state index in [9.17, 15) is 14.4 Å². The van der Waals surface area contributed by atoms with Crippen LogP contribution in [0.4, 0.5) is 10.5 Å². The number of nitrogens with one attached hydrogen (secondary N) is 3. The molecule has 0 bridgehead atoms. The first kappa shape index (κ1) is 22.5. The van der Waals surface area contributed by atoms with E-state index in [1.165, 1.54) is 0 Å². The molecule has 2 aromatic rings. The van der Waals surface area contributed by atoms with E-state index in [2.05, 4.69) is 39.6 Å². The number of amides is 3. The van der Waals surface area contributed by atoms with Crippen LogP contribution >= 0.6 is 0 Å². The monoisotopic (exact) mass is 429 g/mol. The maximum absolute atomic E-state index is 12.1. The van der Waals surface area contributed by atoms with Crippen LogP contribution in [0.5, 0.6) is 0 Å². The van der Waals surface area contributed by atoms with Crippen molar-refractivity contribution in [3.8, 4) is 23.7 Å². The standard InChI is InChI=1S/C25H23N3O4/c1-25(2,3)32-24(31)27-20-14-10-18(11-15-20)7-5-4-6-17-8-12-19(13-9-17)22(29)28-21-16-26-23(21)30/h8-15,21H,16H2,1-3H3,(H,26,30)(H,27,31)(H,28,29)/t21-/m1/s1. The van der Waals surface area contributed by atoms with Crippen LogP contribution in [0.15, 0.2) is 48.5 Å². The van der Waals surface area contributed by atoms with Crippen molar-refractivity contribution in [2.45, 2.75) is 32.4 Å². The first-order valence-corrected chi connectivity index (χ1v) is 10.0. The topological polar surface area (TPSA) is 96.5 Å². The highest BCUT2D eigenvalue weighted by Crippen LogP contribution is 2.12. The number of carbonyl (C=O) groups excluding carboxylic acids is 3. The average molecular weight is 429 g/mol. The lowest BCUT2D eigenvalue weighted by atomic mass is 10.1. The smallest absolute Gasteiger partial charge is 0.412 e. The van der Waals surface area contributed by atoms with Gasteiger partial charge in [-0.1, -0.05) is 11.8 Å². The van der Waals surface area contributed by atoms with Crippen molar-refractivity contribution in [1.29, 1.82) is 0 Å². The Morgan fingerprint density at radius 1 is 0.969 bits per heavy atom. The molecule has 7 nitrogen and oxygen atoms in total. The predicted octanol–water partition coefficient (Wildman–Crippen LogP) is 2.67. The van der Waals surface area contributed by atoms with Crippen molar-refractivity contribution in [2.24, 2.45) is 0 Å². The Morgan fingerprint density at radius 3 is 2.00 bits per heavy atom. The summed E-state index contributed by atoms with van der Waals surface area (Å²) in [6, 6.07) is 13.3. The molecule has 162 valence electrons. The molecule has 0 spiro atoms. The van der Waals surface area contributed by atoms with Gasteiger partial charge in [0.2, 0.25) is 5.91 Å². The molecule has 2 aromatic carbocycles. The van der Waals surface area contributed by atoms with Crippen molar-refractivity contribution >= 4 is 23.6 Å². The molecule has 1 fully saturated rings. The van der Waals surface area contributed by atoms with Gasteiger partial charge in [-0.15, -0.1) is 0 Å². The summed E-state index contributed by atoms with van der Waals surface area (Å²) >= 11 is 0. The molecule has 1 heterocycles. The molecule has 0 aromatic heterocycles. The molecule has 3 rings (SSSR count). The van der Waals surface area contributed by atoms with Crippen LogP contribution in [0.25, 0.3) is 0 Å². The molecular formula is C25H23N3O4. The van der Waals surface area contributed by atoms with E-state index in [1.807, 2.05) is 0 Å². The number of benzene rings is 2. The zero-order valence-corrected chi connectivity index (χ0v) is 18.0. The van der Waals surface area contributed by atoms with Gasteiger partial charge in [0.15, 0.2) is 0 Å². The van der Waals surface area contributed by atoms with Gasteiger partial charge in [0.25, 0.3) is 5.91 Å². The van der Waals surface area contributed by atoms with Crippen molar-refractivity contribution in [3.63, 3.8) is 0 Å². The Balaban J connectivity index is 1.53. The molecule has 1 aliphatic rings. The average Bonchev–Trinajstić information content (AvgIpc) is 2.74. The Labute approximate surface area is 186 Å². The van der Waals surface area contributed by atoms with Gasteiger partial charge >= 0.3 is 6.09 Å². The Kier molecular flexibility index (Phi) is 6.82. The largest absolute Gasteiger partial charge is 0.444 e. The third kappa shape index (κ3) is 6.65. The summed E-state index contributed by atoms with van der Waals surface area (Å²) in [5, 5.41) is 7.89. The van der Waals surface area contributed by atoms with Crippen LogP contribution < -0.4 is 16.0 Å². The second-order valence-corrected chi connectivity index (χ2v) is 8.05. The number of anilines is 1. The van der Waals surface area contributed by atoms with Crippen molar-refractivity contribution in [3.05, 3.63) is 65.2 Å². The summed E-state index contributed by atoms with van der Waals surface area (Å²) in [5.41, 5.74) is 1.98. The molecule has 3 amide bonds. The van der Waals surface area contributed by atoms with Crippen LogP contribution in [-0.4, -0.2) is 36.1 Å². The van der Waals surface area contributed by atoms with Crippen molar-refractivity contribution < 1.29 is 19.1 Å². The van der Waals surface area contributed by atoms with Gasteiger partial charge in [-0.25, -0.2) is 4.79 Å². The molecule has 0 unspecified atom stereocenters. The highest BCUT2D eigenvalue weighted by molar-refractivity contribution is 5.99. The van der Waals surface area contributed by atoms with E-state index < -0.39 is 17.7 Å².